The van der Waals surface area contributed by atoms with Crippen LogP contribution in [0.3, 0.4) is 0 Å². The summed E-state index contributed by atoms with van der Waals surface area (Å²) in [7, 11) is 0. The van der Waals surface area contributed by atoms with Gasteiger partial charge in [-0.3, -0.25) is 0 Å². The summed E-state index contributed by atoms with van der Waals surface area (Å²) >= 11 is 0. The summed E-state index contributed by atoms with van der Waals surface area (Å²) in [6, 6.07) is 0.636. The van der Waals surface area contributed by atoms with E-state index in [1.807, 2.05) is 0 Å². The lowest BCUT2D eigenvalue weighted by molar-refractivity contribution is 0.148. The summed E-state index contributed by atoms with van der Waals surface area (Å²) in [5.74, 6) is 3.85. The van der Waals surface area contributed by atoms with E-state index in [-0.39, 0.29) is 0 Å². The van der Waals surface area contributed by atoms with E-state index in [9.17, 15) is 0 Å². The van der Waals surface area contributed by atoms with Gasteiger partial charge in [-0.2, -0.15) is 0 Å². The molecule has 1 saturated carbocycles. The molecule has 0 radical (unpaired) electrons. The summed E-state index contributed by atoms with van der Waals surface area (Å²) < 4.78 is 0. The van der Waals surface area contributed by atoms with Crippen molar-refractivity contribution in [1.82, 2.24) is 5.32 Å². The lowest BCUT2D eigenvalue weighted by Gasteiger charge is -2.37. The van der Waals surface area contributed by atoms with Crippen molar-refractivity contribution < 1.29 is 0 Å². The molecule has 1 N–H and O–H groups in total. The Balaban J connectivity index is 2.50. The zero-order valence-corrected chi connectivity index (χ0v) is 14.8. The lowest BCUT2D eigenvalue weighted by atomic mass is 9.70. The first-order valence-electron chi connectivity index (χ1n) is 9.30. The van der Waals surface area contributed by atoms with Crippen LogP contribution >= 0.6 is 0 Å². The van der Waals surface area contributed by atoms with Crippen LogP contribution in [-0.2, 0) is 0 Å². The van der Waals surface area contributed by atoms with Crippen molar-refractivity contribution in [1.29, 1.82) is 0 Å². The van der Waals surface area contributed by atoms with Gasteiger partial charge >= 0.3 is 0 Å². The van der Waals surface area contributed by atoms with Gasteiger partial charge in [-0.15, -0.1) is 0 Å². The third-order valence-corrected chi connectivity index (χ3v) is 5.37. The molecule has 1 heteroatoms. The van der Waals surface area contributed by atoms with Crippen LogP contribution in [0.5, 0.6) is 0 Å². The molecule has 1 aliphatic carbocycles. The van der Waals surface area contributed by atoms with Gasteiger partial charge < -0.3 is 5.32 Å². The second-order valence-electron chi connectivity index (χ2n) is 7.65. The van der Waals surface area contributed by atoms with Crippen LogP contribution in [0.1, 0.15) is 86.0 Å². The first kappa shape index (κ1) is 18.0. The number of unbranched alkanes of at least 4 members (excludes halogenated alkanes) is 1. The highest BCUT2D eigenvalue weighted by Crippen LogP contribution is 2.38. The van der Waals surface area contributed by atoms with Crippen LogP contribution in [-0.4, -0.2) is 12.6 Å². The minimum atomic E-state index is 0.636. The van der Waals surface area contributed by atoms with E-state index in [4.69, 9.17) is 0 Å². The maximum atomic E-state index is 3.69. The fraction of sp³-hybridized carbons (Fsp3) is 1.00. The van der Waals surface area contributed by atoms with Crippen LogP contribution < -0.4 is 5.32 Å². The molecule has 0 amide bonds. The van der Waals surface area contributed by atoms with E-state index in [0.717, 1.165) is 23.7 Å². The molecule has 1 fully saturated rings. The highest BCUT2D eigenvalue weighted by molar-refractivity contribution is 4.82. The van der Waals surface area contributed by atoms with Gasteiger partial charge in [0.1, 0.15) is 0 Å². The van der Waals surface area contributed by atoms with Crippen molar-refractivity contribution in [3.8, 4) is 0 Å². The predicted molar refractivity (Wildman–Crippen MR) is 91.1 cm³/mol. The Morgan fingerprint density at radius 2 is 1.85 bits per heavy atom. The first-order chi connectivity index (χ1) is 9.56. The normalized spacial score (nSPS) is 28.8. The van der Waals surface area contributed by atoms with E-state index < -0.39 is 0 Å². The largest absolute Gasteiger partial charge is 0.314 e. The standard InChI is InChI=1S/C19H39N/c1-6-8-9-17(7-2)13-19-12-16(5)10-11-18(19)14-20-15(3)4/h15-20H,6-14H2,1-5H3. The molecule has 0 aromatic heterocycles. The summed E-state index contributed by atoms with van der Waals surface area (Å²) in [5, 5.41) is 3.69. The van der Waals surface area contributed by atoms with Gasteiger partial charge in [0.2, 0.25) is 0 Å². The Hall–Kier alpha value is -0.0400. The second-order valence-corrected chi connectivity index (χ2v) is 7.65. The summed E-state index contributed by atoms with van der Waals surface area (Å²) in [6.45, 7) is 13.0. The van der Waals surface area contributed by atoms with E-state index in [2.05, 4.69) is 39.9 Å². The molecule has 1 aliphatic rings. The Morgan fingerprint density at radius 3 is 2.45 bits per heavy atom. The molecule has 0 saturated heterocycles. The minimum Gasteiger partial charge on any atom is -0.314 e. The third-order valence-electron chi connectivity index (χ3n) is 5.37. The fourth-order valence-corrected chi connectivity index (χ4v) is 3.92. The Kier molecular flexibility index (Phi) is 8.84. The van der Waals surface area contributed by atoms with E-state index in [0.29, 0.717) is 6.04 Å². The number of rotatable bonds is 9. The van der Waals surface area contributed by atoms with Gasteiger partial charge in [-0.25, -0.2) is 0 Å². The number of hydrogen-bond acceptors (Lipinski definition) is 1. The van der Waals surface area contributed by atoms with Crippen molar-refractivity contribution >= 4 is 0 Å². The molecule has 20 heavy (non-hydrogen) atoms. The molecule has 1 rings (SSSR count). The number of nitrogens with one attached hydrogen (secondary N) is 1. The SMILES string of the molecule is CCCCC(CC)CC1CC(C)CCC1CNC(C)C. The first-order valence-corrected chi connectivity index (χ1v) is 9.30. The molecule has 0 aromatic rings. The average Bonchev–Trinajstić information content (AvgIpc) is 2.42. The van der Waals surface area contributed by atoms with Crippen LogP contribution in [0.4, 0.5) is 0 Å². The molecule has 0 bridgehead atoms. The third kappa shape index (κ3) is 6.61. The summed E-state index contributed by atoms with van der Waals surface area (Å²) in [6.07, 6.45) is 11.5. The lowest BCUT2D eigenvalue weighted by Crippen LogP contribution is -2.36. The van der Waals surface area contributed by atoms with Gasteiger partial charge in [0.05, 0.1) is 0 Å². The number of hydrogen-bond donors (Lipinski definition) is 1. The van der Waals surface area contributed by atoms with Gasteiger partial charge in [0.15, 0.2) is 0 Å². The van der Waals surface area contributed by atoms with Crippen molar-refractivity contribution in [3.05, 3.63) is 0 Å². The molecular formula is C19H39N. The molecule has 4 atom stereocenters. The van der Waals surface area contributed by atoms with Crippen LogP contribution in [0.2, 0.25) is 0 Å². The molecule has 1 nitrogen and oxygen atoms in total. The highest BCUT2D eigenvalue weighted by Gasteiger charge is 2.29. The Bertz CT molecular complexity index is 236. The van der Waals surface area contributed by atoms with Gasteiger partial charge in [-0.1, -0.05) is 66.7 Å². The smallest absolute Gasteiger partial charge is 0.00104 e. The van der Waals surface area contributed by atoms with Crippen LogP contribution in [0.25, 0.3) is 0 Å². The second kappa shape index (κ2) is 9.82. The Morgan fingerprint density at radius 1 is 1.10 bits per heavy atom. The minimum absolute atomic E-state index is 0.636. The van der Waals surface area contributed by atoms with Crippen molar-refractivity contribution in [2.24, 2.45) is 23.7 Å². The van der Waals surface area contributed by atoms with E-state index in [1.54, 1.807) is 0 Å². The summed E-state index contributed by atoms with van der Waals surface area (Å²) in [5.41, 5.74) is 0. The topological polar surface area (TPSA) is 12.0 Å². The molecule has 0 aliphatic heterocycles. The molecule has 120 valence electrons. The zero-order valence-electron chi connectivity index (χ0n) is 14.8. The van der Waals surface area contributed by atoms with Crippen molar-refractivity contribution in [3.63, 3.8) is 0 Å². The molecule has 0 heterocycles. The molecule has 0 aromatic carbocycles. The maximum absolute atomic E-state index is 3.69. The van der Waals surface area contributed by atoms with Gasteiger partial charge in [0.25, 0.3) is 0 Å². The molecule has 0 spiro atoms. The summed E-state index contributed by atoms with van der Waals surface area (Å²) in [4.78, 5) is 0. The van der Waals surface area contributed by atoms with Crippen molar-refractivity contribution in [2.45, 2.75) is 92.0 Å². The molecular weight excluding hydrogens is 242 g/mol. The highest BCUT2D eigenvalue weighted by atomic mass is 14.9. The Labute approximate surface area is 128 Å². The van der Waals surface area contributed by atoms with Gasteiger partial charge in [0, 0.05) is 6.04 Å². The van der Waals surface area contributed by atoms with Gasteiger partial charge in [-0.05, 0) is 49.5 Å². The van der Waals surface area contributed by atoms with Crippen LogP contribution in [0, 0.1) is 23.7 Å². The quantitative estimate of drug-likeness (QED) is 0.576. The van der Waals surface area contributed by atoms with Crippen LogP contribution in [0.15, 0.2) is 0 Å². The van der Waals surface area contributed by atoms with E-state index in [1.165, 1.54) is 57.9 Å². The van der Waals surface area contributed by atoms with Crippen molar-refractivity contribution in [2.75, 3.05) is 6.54 Å². The van der Waals surface area contributed by atoms with E-state index >= 15 is 0 Å². The maximum Gasteiger partial charge on any atom is 0.00104 e. The fourth-order valence-electron chi connectivity index (χ4n) is 3.92. The predicted octanol–water partition coefficient (Wildman–Crippen LogP) is 5.64. The monoisotopic (exact) mass is 281 g/mol. The average molecular weight is 282 g/mol. The molecule has 4 unspecified atom stereocenters. The zero-order chi connectivity index (χ0) is 15.0.